The number of anilines is 1. The van der Waals surface area contributed by atoms with Crippen LogP contribution in [-0.2, 0) is 0 Å². The Labute approximate surface area is 111 Å². The number of nitrogens with zero attached hydrogens (tertiary/aromatic N) is 1. The SMILES string of the molecule is Cc1ccc(NC(=S)c2ccccn2)cc1Cl. The number of halogens is 1. The van der Waals surface area contributed by atoms with Gasteiger partial charge in [0.15, 0.2) is 0 Å². The summed E-state index contributed by atoms with van der Waals surface area (Å²) < 4.78 is 0. The van der Waals surface area contributed by atoms with E-state index in [1.165, 1.54) is 0 Å². The summed E-state index contributed by atoms with van der Waals surface area (Å²) in [5.74, 6) is 0. The number of rotatable bonds is 2. The molecule has 2 rings (SSSR count). The molecule has 86 valence electrons. The molecule has 0 aliphatic rings. The smallest absolute Gasteiger partial charge is 0.129 e. The van der Waals surface area contributed by atoms with Gasteiger partial charge in [-0.3, -0.25) is 4.98 Å². The van der Waals surface area contributed by atoms with E-state index in [0.29, 0.717) is 4.99 Å². The molecule has 0 aliphatic heterocycles. The number of nitrogens with one attached hydrogen (secondary N) is 1. The monoisotopic (exact) mass is 262 g/mol. The van der Waals surface area contributed by atoms with E-state index in [-0.39, 0.29) is 0 Å². The van der Waals surface area contributed by atoms with E-state index >= 15 is 0 Å². The van der Waals surface area contributed by atoms with Gasteiger partial charge in [0.1, 0.15) is 4.99 Å². The Morgan fingerprint density at radius 1 is 1.29 bits per heavy atom. The van der Waals surface area contributed by atoms with E-state index in [0.717, 1.165) is 22.0 Å². The predicted octanol–water partition coefficient (Wildman–Crippen LogP) is 3.83. The fraction of sp³-hybridized carbons (Fsp3) is 0.0769. The summed E-state index contributed by atoms with van der Waals surface area (Å²) in [5, 5.41) is 3.83. The number of aryl methyl sites for hydroxylation is 1. The summed E-state index contributed by atoms with van der Waals surface area (Å²) in [5.41, 5.74) is 2.66. The predicted molar refractivity (Wildman–Crippen MR) is 75.7 cm³/mol. The van der Waals surface area contributed by atoms with Gasteiger partial charge >= 0.3 is 0 Å². The lowest BCUT2D eigenvalue weighted by Gasteiger charge is -2.08. The van der Waals surface area contributed by atoms with E-state index < -0.39 is 0 Å². The summed E-state index contributed by atoms with van der Waals surface area (Å²) in [7, 11) is 0. The van der Waals surface area contributed by atoms with Gasteiger partial charge in [-0.2, -0.15) is 0 Å². The average Bonchev–Trinajstić information content (AvgIpc) is 2.35. The highest BCUT2D eigenvalue weighted by Gasteiger charge is 2.03. The fourth-order valence-electron chi connectivity index (χ4n) is 1.36. The van der Waals surface area contributed by atoms with E-state index in [1.807, 2.05) is 43.3 Å². The van der Waals surface area contributed by atoms with Crippen molar-refractivity contribution < 1.29 is 0 Å². The number of hydrogen-bond donors (Lipinski definition) is 1. The molecule has 0 fully saturated rings. The first-order valence-electron chi connectivity index (χ1n) is 5.15. The van der Waals surface area contributed by atoms with Crippen LogP contribution in [0.25, 0.3) is 0 Å². The number of benzene rings is 1. The van der Waals surface area contributed by atoms with E-state index in [2.05, 4.69) is 10.3 Å². The Kier molecular flexibility index (Phi) is 3.71. The quantitative estimate of drug-likeness (QED) is 0.833. The summed E-state index contributed by atoms with van der Waals surface area (Å²) in [6.07, 6.45) is 1.71. The van der Waals surface area contributed by atoms with E-state index in [4.69, 9.17) is 23.8 Å². The second-order valence-corrected chi connectivity index (χ2v) is 4.45. The van der Waals surface area contributed by atoms with Crippen LogP contribution in [0.15, 0.2) is 42.6 Å². The molecule has 1 N–H and O–H groups in total. The van der Waals surface area contributed by atoms with Crippen LogP contribution < -0.4 is 5.32 Å². The van der Waals surface area contributed by atoms with Crippen LogP contribution in [0.2, 0.25) is 5.02 Å². The third-order valence-corrected chi connectivity index (χ3v) is 3.05. The highest BCUT2D eigenvalue weighted by Crippen LogP contribution is 2.20. The Balaban J connectivity index is 2.16. The highest BCUT2D eigenvalue weighted by molar-refractivity contribution is 7.81. The summed E-state index contributed by atoms with van der Waals surface area (Å²) in [4.78, 5) is 4.77. The van der Waals surface area contributed by atoms with E-state index in [9.17, 15) is 0 Å². The Morgan fingerprint density at radius 3 is 2.76 bits per heavy atom. The van der Waals surface area contributed by atoms with Crippen molar-refractivity contribution in [2.45, 2.75) is 6.92 Å². The van der Waals surface area contributed by atoms with Gasteiger partial charge < -0.3 is 5.32 Å². The largest absolute Gasteiger partial charge is 0.345 e. The molecule has 0 unspecified atom stereocenters. The summed E-state index contributed by atoms with van der Waals surface area (Å²) >= 11 is 11.3. The lowest BCUT2D eigenvalue weighted by molar-refractivity contribution is 1.30. The minimum absolute atomic E-state index is 0.588. The molecule has 0 atom stereocenters. The maximum absolute atomic E-state index is 6.04. The number of hydrogen-bond acceptors (Lipinski definition) is 2. The van der Waals surface area contributed by atoms with Crippen LogP contribution >= 0.6 is 23.8 Å². The fourth-order valence-corrected chi connectivity index (χ4v) is 1.78. The molecule has 2 nitrogen and oxygen atoms in total. The van der Waals surface area contributed by atoms with Gasteiger partial charge in [-0.15, -0.1) is 0 Å². The molecule has 2 aromatic rings. The zero-order chi connectivity index (χ0) is 12.3. The third-order valence-electron chi connectivity index (χ3n) is 2.33. The zero-order valence-electron chi connectivity index (χ0n) is 9.27. The first kappa shape index (κ1) is 12.0. The molecule has 1 heterocycles. The van der Waals surface area contributed by atoms with Crippen molar-refractivity contribution >= 4 is 34.5 Å². The van der Waals surface area contributed by atoms with Crippen LogP contribution in [0.4, 0.5) is 5.69 Å². The Morgan fingerprint density at radius 2 is 2.12 bits per heavy atom. The first-order chi connectivity index (χ1) is 8.16. The van der Waals surface area contributed by atoms with Crippen LogP contribution in [0.1, 0.15) is 11.3 Å². The highest BCUT2D eigenvalue weighted by atomic mass is 35.5. The number of thiocarbonyl (C=S) groups is 1. The number of aromatic nitrogens is 1. The summed E-state index contributed by atoms with van der Waals surface area (Å²) in [6, 6.07) is 11.4. The van der Waals surface area contributed by atoms with Gasteiger partial charge in [0, 0.05) is 16.9 Å². The van der Waals surface area contributed by atoms with Crippen molar-refractivity contribution in [3.05, 3.63) is 58.9 Å². The average molecular weight is 263 g/mol. The van der Waals surface area contributed by atoms with Gasteiger partial charge in [0.2, 0.25) is 0 Å². The second-order valence-electron chi connectivity index (χ2n) is 3.63. The van der Waals surface area contributed by atoms with Crippen molar-refractivity contribution in [1.29, 1.82) is 0 Å². The normalized spacial score (nSPS) is 10.0. The molecule has 0 amide bonds. The molecule has 1 aromatic carbocycles. The van der Waals surface area contributed by atoms with Crippen LogP contribution in [-0.4, -0.2) is 9.97 Å². The lowest BCUT2D eigenvalue weighted by Crippen LogP contribution is -2.11. The van der Waals surface area contributed by atoms with Crippen LogP contribution in [0, 0.1) is 6.92 Å². The first-order valence-corrected chi connectivity index (χ1v) is 5.94. The minimum atomic E-state index is 0.588. The Bertz CT molecular complexity index is 540. The molecule has 0 radical (unpaired) electrons. The van der Waals surface area contributed by atoms with Gasteiger partial charge in [0.25, 0.3) is 0 Å². The van der Waals surface area contributed by atoms with Crippen molar-refractivity contribution in [2.24, 2.45) is 0 Å². The molecule has 0 bridgehead atoms. The maximum Gasteiger partial charge on any atom is 0.129 e. The molecule has 0 saturated carbocycles. The van der Waals surface area contributed by atoms with Crippen LogP contribution in [0.5, 0.6) is 0 Å². The molecule has 1 aromatic heterocycles. The van der Waals surface area contributed by atoms with Crippen molar-refractivity contribution in [3.8, 4) is 0 Å². The lowest BCUT2D eigenvalue weighted by atomic mass is 10.2. The topological polar surface area (TPSA) is 24.9 Å². The van der Waals surface area contributed by atoms with Crippen molar-refractivity contribution in [1.82, 2.24) is 4.98 Å². The molecule has 0 aliphatic carbocycles. The second kappa shape index (κ2) is 5.25. The van der Waals surface area contributed by atoms with Gasteiger partial charge in [-0.1, -0.05) is 36.0 Å². The summed E-state index contributed by atoms with van der Waals surface area (Å²) in [6.45, 7) is 1.96. The van der Waals surface area contributed by atoms with Crippen molar-refractivity contribution in [2.75, 3.05) is 5.32 Å². The molecule has 17 heavy (non-hydrogen) atoms. The number of pyridine rings is 1. The van der Waals surface area contributed by atoms with Gasteiger partial charge in [-0.05, 0) is 36.8 Å². The maximum atomic E-state index is 6.04. The van der Waals surface area contributed by atoms with Gasteiger partial charge in [0.05, 0.1) is 5.69 Å². The minimum Gasteiger partial charge on any atom is -0.345 e. The van der Waals surface area contributed by atoms with Crippen molar-refractivity contribution in [3.63, 3.8) is 0 Å². The van der Waals surface area contributed by atoms with Gasteiger partial charge in [-0.25, -0.2) is 0 Å². The molecule has 0 saturated heterocycles. The molecule has 4 heteroatoms. The molecular weight excluding hydrogens is 252 g/mol. The third kappa shape index (κ3) is 3.02. The standard InChI is InChI=1S/C13H11ClN2S/c1-9-5-6-10(8-11(9)14)16-13(17)12-4-2-3-7-15-12/h2-8H,1H3,(H,16,17). The molecule has 0 spiro atoms. The zero-order valence-corrected chi connectivity index (χ0v) is 10.8. The van der Waals surface area contributed by atoms with Crippen LogP contribution in [0.3, 0.4) is 0 Å². The Hall–Kier alpha value is -1.45. The van der Waals surface area contributed by atoms with E-state index in [1.54, 1.807) is 6.20 Å². The molecular formula is C13H11ClN2S.